The minimum atomic E-state index is -3.46. The average Bonchev–Trinajstić information content (AvgIpc) is 2.59. The van der Waals surface area contributed by atoms with E-state index in [1.807, 2.05) is 4.90 Å². The van der Waals surface area contributed by atoms with Crippen molar-refractivity contribution in [1.82, 2.24) is 9.62 Å². The highest BCUT2D eigenvalue weighted by molar-refractivity contribution is 9.10. The van der Waals surface area contributed by atoms with Crippen LogP contribution in [0.15, 0.2) is 33.6 Å². The topological polar surface area (TPSA) is 75.7 Å². The number of nitrogens with zero attached hydrogens (tertiary/aromatic N) is 1. The lowest BCUT2D eigenvalue weighted by Crippen LogP contribution is -2.40. The normalized spacial score (nSPS) is 15.5. The Hall–Kier alpha value is -0.960. The molecule has 0 unspecified atom stereocenters. The summed E-state index contributed by atoms with van der Waals surface area (Å²) in [6.07, 6.45) is 2.82. The molecule has 1 N–H and O–H groups in total. The molecule has 1 amide bonds. The minimum absolute atomic E-state index is 0.161. The Morgan fingerprint density at radius 2 is 1.79 bits per heavy atom. The van der Waals surface area contributed by atoms with E-state index in [4.69, 9.17) is 4.74 Å². The van der Waals surface area contributed by atoms with Crippen molar-refractivity contribution in [3.63, 3.8) is 0 Å². The molecule has 1 aromatic rings. The van der Waals surface area contributed by atoms with E-state index in [2.05, 4.69) is 20.7 Å². The zero-order chi connectivity index (χ0) is 17.4. The van der Waals surface area contributed by atoms with E-state index in [0.717, 1.165) is 17.3 Å². The molecule has 1 heterocycles. The molecule has 1 aromatic carbocycles. The maximum atomic E-state index is 12.1. The van der Waals surface area contributed by atoms with Gasteiger partial charge in [0.1, 0.15) is 0 Å². The summed E-state index contributed by atoms with van der Waals surface area (Å²) in [5, 5.41) is 0. The summed E-state index contributed by atoms with van der Waals surface area (Å²) in [4.78, 5) is 14.0. The third kappa shape index (κ3) is 6.16. The summed E-state index contributed by atoms with van der Waals surface area (Å²) >= 11 is 3.28. The van der Waals surface area contributed by atoms with Gasteiger partial charge in [0, 0.05) is 30.5 Å². The number of hydrogen-bond donors (Lipinski definition) is 1. The standard InChI is InChI=1S/C16H23BrN2O4S/c17-14-5-7-15(8-6-14)24(21,22)18-9-3-1-2-4-16(20)19-10-12-23-13-11-19/h5-8,18H,1-4,9-13H2. The lowest BCUT2D eigenvalue weighted by atomic mass is 10.2. The number of carbonyl (C=O) groups is 1. The number of ether oxygens (including phenoxy) is 1. The second-order valence-electron chi connectivity index (χ2n) is 5.66. The van der Waals surface area contributed by atoms with Crippen molar-refractivity contribution >= 4 is 31.9 Å². The number of sulfonamides is 1. The summed E-state index contributed by atoms with van der Waals surface area (Å²) in [6.45, 7) is 2.95. The maximum Gasteiger partial charge on any atom is 0.240 e. The van der Waals surface area contributed by atoms with Gasteiger partial charge in [-0.25, -0.2) is 13.1 Å². The quantitative estimate of drug-likeness (QED) is 0.656. The van der Waals surface area contributed by atoms with Crippen molar-refractivity contribution in [2.75, 3.05) is 32.8 Å². The molecule has 0 radical (unpaired) electrons. The summed E-state index contributed by atoms with van der Waals surface area (Å²) in [7, 11) is -3.46. The highest BCUT2D eigenvalue weighted by Crippen LogP contribution is 2.14. The fourth-order valence-electron chi connectivity index (χ4n) is 2.45. The molecule has 1 aliphatic heterocycles. The zero-order valence-corrected chi connectivity index (χ0v) is 15.9. The fourth-order valence-corrected chi connectivity index (χ4v) is 3.79. The van der Waals surface area contributed by atoms with Crippen LogP contribution in [-0.4, -0.2) is 52.1 Å². The number of nitrogens with one attached hydrogen (secondary N) is 1. The number of amides is 1. The molecule has 0 atom stereocenters. The molecule has 0 aromatic heterocycles. The smallest absolute Gasteiger partial charge is 0.240 e. The van der Waals surface area contributed by atoms with Crippen molar-refractivity contribution in [3.8, 4) is 0 Å². The van der Waals surface area contributed by atoms with E-state index in [0.29, 0.717) is 45.7 Å². The Balaban J connectivity index is 1.62. The SMILES string of the molecule is O=C(CCCCCNS(=O)(=O)c1ccc(Br)cc1)N1CCOCC1. The monoisotopic (exact) mass is 418 g/mol. The van der Waals surface area contributed by atoms with Crippen LogP contribution < -0.4 is 4.72 Å². The molecule has 0 aliphatic carbocycles. The Morgan fingerprint density at radius 3 is 2.46 bits per heavy atom. The van der Waals surface area contributed by atoms with Gasteiger partial charge < -0.3 is 9.64 Å². The van der Waals surface area contributed by atoms with Crippen LogP contribution in [0.25, 0.3) is 0 Å². The molecule has 134 valence electrons. The molecule has 8 heteroatoms. The molecule has 6 nitrogen and oxygen atoms in total. The van der Waals surface area contributed by atoms with Crippen molar-refractivity contribution in [1.29, 1.82) is 0 Å². The number of halogens is 1. The van der Waals surface area contributed by atoms with Crippen LogP contribution in [0.3, 0.4) is 0 Å². The van der Waals surface area contributed by atoms with Crippen LogP contribution >= 0.6 is 15.9 Å². The second-order valence-corrected chi connectivity index (χ2v) is 8.34. The zero-order valence-electron chi connectivity index (χ0n) is 13.5. The molecule has 0 saturated carbocycles. The highest BCUT2D eigenvalue weighted by atomic mass is 79.9. The van der Waals surface area contributed by atoms with Crippen LogP contribution in [0.4, 0.5) is 0 Å². The summed E-state index contributed by atoms with van der Waals surface area (Å²) in [6, 6.07) is 6.53. The molecule has 0 bridgehead atoms. The molecule has 0 spiro atoms. The Labute approximate surface area is 151 Å². The van der Waals surface area contributed by atoms with Gasteiger partial charge in [0.15, 0.2) is 0 Å². The Morgan fingerprint density at radius 1 is 1.12 bits per heavy atom. The van der Waals surface area contributed by atoms with Gasteiger partial charge >= 0.3 is 0 Å². The van der Waals surface area contributed by atoms with E-state index in [-0.39, 0.29) is 10.8 Å². The average molecular weight is 419 g/mol. The van der Waals surface area contributed by atoms with E-state index in [1.165, 1.54) is 0 Å². The molecule has 24 heavy (non-hydrogen) atoms. The predicted molar refractivity (Wildman–Crippen MR) is 95.2 cm³/mol. The molecule has 1 aliphatic rings. The minimum Gasteiger partial charge on any atom is -0.378 e. The van der Waals surface area contributed by atoms with Gasteiger partial charge in [-0.2, -0.15) is 0 Å². The summed E-state index contributed by atoms with van der Waals surface area (Å²) in [5.74, 6) is 0.161. The van der Waals surface area contributed by atoms with Crippen LogP contribution in [0.5, 0.6) is 0 Å². The van der Waals surface area contributed by atoms with E-state index in [9.17, 15) is 13.2 Å². The van der Waals surface area contributed by atoms with Crippen molar-refractivity contribution in [3.05, 3.63) is 28.7 Å². The molecular formula is C16H23BrN2O4S. The number of benzene rings is 1. The van der Waals surface area contributed by atoms with Crippen molar-refractivity contribution < 1.29 is 17.9 Å². The first-order chi connectivity index (χ1) is 11.5. The van der Waals surface area contributed by atoms with E-state index < -0.39 is 10.0 Å². The lowest BCUT2D eigenvalue weighted by Gasteiger charge is -2.26. The van der Waals surface area contributed by atoms with Crippen molar-refractivity contribution in [2.24, 2.45) is 0 Å². The largest absolute Gasteiger partial charge is 0.378 e. The van der Waals surface area contributed by atoms with Gasteiger partial charge in [0.05, 0.1) is 18.1 Å². The molecular weight excluding hydrogens is 396 g/mol. The Kier molecular flexibility index (Phi) is 7.67. The predicted octanol–water partition coefficient (Wildman–Crippen LogP) is 2.15. The third-order valence-corrected chi connectivity index (χ3v) is 5.85. The molecule has 2 rings (SSSR count). The first-order valence-corrected chi connectivity index (χ1v) is 10.4. The van der Waals surface area contributed by atoms with E-state index in [1.54, 1.807) is 24.3 Å². The summed E-state index contributed by atoms with van der Waals surface area (Å²) < 4.78 is 32.8. The highest BCUT2D eigenvalue weighted by Gasteiger charge is 2.16. The number of unbranched alkanes of at least 4 members (excludes halogenated alkanes) is 2. The van der Waals surface area contributed by atoms with Gasteiger partial charge in [0.25, 0.3) is 0 Å². The number of morpholine rings is 1. The maximum absolute atomic E-state index is 12.1. The third-order valence-electron chi connectivity index (χ3n) is 3.85. The van der Waals surface area contributed by atoms with Crippen molar-refractivity contribution in [2.45, 2.75) is 30.6 Å². The van der Waals surface area contributed by atoms with Gasteiger partial charge in [-0.3, -0.25) is 4.79 Å². The van der Waals surface area contributed by atoms with Gasteiger partial charge in [-0.05, 0) is 37.1 Å². The summed E-state index contributed by atoms with van der Waals surface area (Å²) in [5.41, 5.74) is 0. The number of carbonyl (C=O) groups excluding carboxylic acids is 1. The van der Waals surface area contributed by atoms with Gasteiger partial charge in [-0.1, -0.05) is 22.4 Å². The molecule has 1 fully saturated rings. The fraction of sp³-hybridized carbons (Fsp3) is 0.562. The number of hydrogen-bond acceptors (Lipinski definition) is 4. The second kappa shape index (κ2) is 9.50. The first-order valence-electron chi connectivity index (χ1n) is 8.10. The van der Waals surface area contributed by atoms with Crippen LogP contribution in [0.1, 0.15) is 25.7 Å². The molecule has 1 saturated heterocycles. The van der Waals surface area contributed by atoms with E-state index >= 15 is 0 Å². The van der Waals surface area contributed by atoms with Crippen LogP contribution in [0, 0.1) is 0 Å². The Bertz CT molecular complexity index is 628. The number of rotatable bonds is 8. The van der Waals surface area contributed by atoms with Crippen LogP contribution in [0.2, 0.25) is 0 Å². The van der Waals surface area contributed by atoms with Gasteiger partial charge in [-0.15, -0.1) is 0 Å². The van der Waals surface area contributed by atoms with Gasteiger partial charge in [0.2, 0.25) is 15.9 Å². The van der Waals surface area contributed by atoms with Crippen LogP contribution in [-0.2, 0) is 19.6 Å². The lowest BCUT2D eigenvalue weighted by molar-refractivity contribution is -0.135. The first kappa shape index (κ1) is 19.4.